The monoisotopic (exact) mass is 463 g/mol. The van der Waals surface area contributed by atoms with Crippen molar-refractivity contribution < 1.29 is 14.6 Å². The summed E-state index contributed by atoms with van der Waals surface area (Å²) in [6, 6.07) is 15.9. The van der Waals surface area contributed by atoms with E-state index in [0.29, 0.717) is 10.8 Å². The Morgan fingerprint density at radius 3 is 2.64 bits per heavy atom. The van der Waals surface area contributed by atoms with Gasteiger partial charge in [-0.2, -0.15) is 0 Å². The molecule has 0 radical (unpaired) electrons. The quantitative estimate of drug-likeness (QED) is 0.557. The molecule has 0 saturated heterocycles. The van der Waals surface area contributed by atoms with Gasteiger partial charge in [0.2, 0.25) is 5.43 Å². The van der Waals surface area contributed by atoms with Crippen LogP contribution in [0.5, 0.6) is 11.5 Å². The van der Waals surface area contributed by atoms with E-state index in [0.717, 1.165) is 11.1 Å². The van der Waals surface area contributed by atoms with Crippen molar-refractivity contribution in [2.24, 2.45) is 0 Å². The Labute approximate surface area is 195 Å². The number of carbonyl (C=O) groups is 1. The first-order valence-electron chi connectivity index (χ1n) is 10.6. The Hall–Kier alpha value is -3.71. The summed E-state index contributed by atoms with van der Waals surface area (Å²) in [6.45, 7) is 2.38. The molecule has 2 aliphatic heterocycles. The fraction of sp³-hybridized carbons (Fsp3) is 0.200. The van der Waals surface area contributed by atoms with E-state index in [9.17, 15) is 14.7 Å². The lowest BCUT2D eigenvalue weighted by atomic mass is 9.97. The number of amides is 1. The van der Waals surface area contributed by atoms with Crippen molar-refractivity contribution in [1.82, 2.24) is 9.58 Å². The molecule has 0 saturated carbocycles. The molecule has 1 amide bonds. The zero-order chi connectivity index (χ0) is 23.1. The minimum Gasteiger partial charge on any atom is -0.502 e. The van der Waals surface area contributed by atoms with Crippen LogP contribution in [-0.4, -0.2) is 39.9 Å². The second-order valence-corrected chi connectivity index (χ2v) is 8.44. The van der Waals surface area contributed by atoms with Crippen LogP contribution in [0, 0.1) is 0 Å². The van der Waals surface area contributed by atoms with Gasteiger partial charge in [0.1, 0.15) is 25.1 Å². The van der Waals surface area contributed by atoms with E-state index in [-0.39, 0.29) is 25.0 Å². The van der Waals surface area contributed by atoms with Gasteiger partial charge in [-0.25, -0.2) is 0 Å². The first-order valence-corrected chi connectivity index (χ1v) is 11.0. The highest BCUT2D eigenvalue weighted by molar-refractivity contribution is 6.32. The number of nitrogens with zero attached hydrogens (tertiary/aromatic N) is 3. The smallest absolute Gasteiger partial charge is 0.278 e. The second-order valence-electron chi connectivity index (χ2n) is 8.03. The molecular formula is C25H22ClN3O4. The Morgan fingerprint density at radius 2 is 1.85 bits per heavy atom. The van der Waals surface area contributed by atoms with Crippen molar-refractivity contribution in [2.75, 3.05) is 18.3 Å². The fourth-order valence-electron chi connectivity index (χ4n) is 4.40. The summed E-state index contributed by atoms with van der Waals surface area (Å²) in [5.74, 6) is -0.447. The van der Waals surface area contributed by atoms with E-state index < -0.39 is 23.1 Å². The predicted octanol–water partition coefficient (Wildman–Crippen LogP) is 3.69. The summed E-state index contributed by atoms with van der Waals surface area (Å²) >= 11 is 6.57. The van der Waals surface area contributed by atoms with Crippen molar-refractivity contribution in [3.8, 4) is 11.5 Å². The Kier molecular flexibility index (Phi) is 5.34. The third kappa shape index (κ3) is 3.54. The minimum absolute atomic E-state index is 0.0707. The van der Waals surface area contributed by atoms with Crippen LogP contribution < -0.4 is 15.2 Å². The number of rotatable bonds is 1. The summed E-state index contributed by atoms with van der Waals surface area (Å²) in [7, 11) is 0. The molecule has 8 heteroatoms. The maximum atomic E-state index is 13.4. The number of hydrogen-bond donors (Lipinski definition) is 1. The third-order valence-electron chi connectivity index (χ3n) is 6.03. The number of para-hydroxylation sites is 1. The molecule has 3 aromatic rings. The molecule has 3 heterocycles. The third-order valence-corrected chi connectivity index (χ3v) is 6.32. The number of aromatic hydroxyl groups is 1. The largest absolute Gasteiger partial charge is 0.502 e. The number of hydrogen-bond acceptors (Lipinski definition) is 5. The van der Waals surface area contributed by atoms with Gasteiger partial charge in [-0.15, -0.1) is 0 Å². The highest BCUT2D eigenvalue weighted by Crippen LogP contribution is 2.40. The Morgan fingerprint density at radius 1 is 1.06 bits per heavy atom. The molecule has 2 bridgehead atoms. The molecule has 33 heavy (non-hydrogen) atoms. The van der Waals surface area contributed by atoms with E-state index >= 15 is 0 Å². The summed E-state index contributed by atoms with van der Waals surface area (Å²) < 4.78 is 7.66. The van der Waals surface area contributed by atoms with Gasteiger partial charge in [0.15, 0.2) is 11.4 Å². The highest BCUT2D eigenvalue weighted by Gasteiger charge is 2.39. The van der Waals surface area contributed by atoms with Gasteiger partial charge in [0.05, 0.1) is 5.02 Å². The number of halogens is 1. The van der Waals surface area contributed by atoms with Gasteiger partial charge in [0.25, 0.3) is 5.91 Å². The second kappa shape index (κ2) is 8.33. The Bertz CT molecular complexity index is 1300. The number of carbonyl (C=O) groups excluding carboxylic acids is 1. The van der Waals surface area contributed by atoms with Crippen molar-refractivity contribution >= 4 is 17.5 Å². The topological polar surface area (TPSA) is 75.0 Å². The van der Waals surface area contributed by atoms with E-state index in [2.05, 4.69) is 0 Å². The molecular weight excluding hydrogens is 442 g/mol. The standard InChI is InChI=1S/C25H22ClN3O4/c1-16-7-6-14-33-24-18(10-5-11-19(24)26)21(17-8-3-2-4-9-17)29-15-27(16)25(32)22-23(31)20(30)12-13-28(22)29/h2-13,16,21,31H,14-15H2,1H3/b7-6+/t16-,21-/m1/s1. The maximum absolute atomic E-state index is 13.4. The molecule has 1 N–H and O–H groups in total. The van der Waals surface area contributed by atoms with Gasteiger partial charge in [-0.1, -0.05) is 60.1 Å². The first kappa shape index (κ1) is 21.2. The van der Waals surface area contributed by atoms with Crippen molar-refractivity contribution in [2.45, 2.75) is 19.0 Å². The van der Waals surface area contributed by atoms with Crippen LogP contribution in [0.3, 0.4) is 0 Å². The molecule has 168 valence electrons. The van der Waals surface area contributed by atoms with Crippen LogP contribution in [0.4, 0.5) is 0 Å². The molecule has 0 unspecified atom stereocenters. The maximum Gasteiger partial charge on any atom is 0.278 e. The molecule has 0 aliphatic carbocycles. The summed E-state index contributed by atoms with van der Waals surface area (Å²) in [5.41, 5.74) is 1.06. The molecule has 1 aromatic heterocycles. The van der Waals surface area contributed by atoms with E-state index in [1.165, 1.54) is 12.3 Å². The lowest BCUT2D eigenvalue weighted by Crippen LogP contribution is -2.57. The number of aromatic nitrogens is 1. The molecule has 0 spiro atoms. The first-order chi connectivity index (χ1) is 16.0. The van der Waals surface area contributed by atoms with Gasteiger partial charge in [0, 0.05) is 23.9 Å². The van der Waals surface area contributed by atoms with Crippen molar-refractivity contribution in [3.63, 3.8) is 0 Å². The van der Waals surface area contributed by atoms with Crippen LogP contribution in [-0.2, 0) is 0 Å². The van der Waals surface area contributed by atoms with E-state index in [1.807, 2.05) is 66.5 Å². The van der Waals surface area contributed by atoms with Gasteiger partial charge >= 0.3 is 0 Å². The van der Waals surface area contributed by atoms with Gasteiger partial charge in [-0.05, 0) is 24.6 Å². The van der Waals surface area contributed by atoms with E-state index in [1.54, 1.807) is 15.6 Å². The van der Waals surface area contributed by atoms with Crippen LogP contribution in [0.1, 0.15) is 34.6 Å². The van der Waals surface area contributed by atoms with Crippen LogP contribution in [0.25, 0.3) is 0 Å². The predicted molar refractivity (Wildman–Crippen MR) is 125 cm³/mol. The van der Waals surface area contributed by atoms with Crippen LogP contribution in [0.2, 0.25) is 5.02 Å². The number of benzene rings is 2. The van der Waals surface area contributed by atoms with E-state index in [4.69, 9.17) is 16.3 Å². The lowest BCUT2D eigenvalue weighted by molar-refractivity contribution is 0.0643. The summed E-state index contributed by atoms with van der Waals surface area (Å²) in [5, 5.41) is 13.0. The van der Waals surface area contributed by atoms with Crippen LogP contribution in [0.15, 0.2) is 77.7 Å². The number of fused-ring (bicyclic) bond motifs is 5. The molecule has 5 rings (SSSR count). The molecule has 7 nitrogen and oxygen atoms in total. The average molecular weight is 464 g/mol. The van der Waals surface area contributed by atoms with Gasteiger partial charge in [-0.3, -0.25) is 19.3 Å². The van der Waals surface area contributed by atoms with Crippen molar-refractivity contribution in [1.29, 1.82) is 0 Å². The fourth-order valence-corrected chi connectivity index (χ4v) is 4.64. The normalized spacial score (nSPS) is 20.8. The Balaban J connectivity index is 1.83. The zero-order valence-electron chi connectivity index (χ0n) is 17.9. The number of pyridine rings is 1. The molecule has 0 fully saturated rings. The highest BCUT2D eigenvalue weighted by atomic mass is 35.5. The SMILES string of the molecule is C[C@@H]1/C=C/COc2c(Cl)cccc2[C@@H](c2ccccc2)N2CN1C(=O)c1c(O)c(=O)ccn12. The van der Waals surface area contributed by atoms with Crippen molar-refractivity contribution in [3.05, 3.63) is 105 Å². The average Bonchev–Trinajstić information content (AvgIpc) is 2.84. The minimum atomic E-state index is -0.605. The molecule has 2 aromatic carbocycles. The number of ether oxygens (including phenoxy) is 1. The van der Waals surface area contributed by atoms with Crippen LogP contribution >= 0.6 is 11.6 Å². The lowest BCUT2D eigenvalue weighted by Gasteiger charge is -2.45. The van der Waals surface area contributed by atoms with Gasteiger partial charge < -0.3 is 14.7 Å². The summed E-state index contributed by atoms with van der Waals surface area (Å²) in [4.78, 5) is 27.3. The zero-order valence-corrected chi connectivity index (χ0v) is 18.6. The molecule has 2 atom stereocenters. The summed E-state index contributed by atoms with van der Waals surface area (Å²) in [6.07, 6.45) is 5.22. The molecule has 2 aliphatic rings.